The fourth-order valence-electron chi connectivity index (χ4n) is 4.40. The second-order valence-electron chi connectivity index (χ2n) is 9.12. The molecule has 0 spiro atoms. The number of amides is 2. The number of anilines is 1. The fourth-order valence-corrected chi connectivity index (χ4v) is 4.73. The highest BCUT2D eigenvalue weighted by atomic mass is 35.5. The molecule has 2 amide bonds. The number of esters is 1. The number of fused-ring (bicyclic) bond motifs is 1. The lowest BCUT2D eigenvalue weighted by atomic mass is 9.99. The number of non-ortho nitro benzene ring substituents is 1. The molecule has 1 atom stereocenters. The van der Waals surface area contributed by atoms with Crippen LogP contribution in [0.4, 0.5) is 11.4 Å². The van der Waals surface area contributed by atoms with Crippen molar-refractivity contribution < 1.29 is 28.8 Å². The van der Waals surface area contributed by atoms with Crippen LogP contribution >= 0.6 is 23.2 Å². The molecule has 204 valence electrons. The van der Waals surface area contributed by atoms with E-state index in [1.54, 1.807) is 37.3 Å². The number of nitro groups is 1. The second-order valence-corrected chi connectivity index (χ2v) is 9.94. The molecular weight excluding hydrogens is 571 g/mol. The van der Waals surface area contributed by atoms with Crippen molar-refractivity contribution in [2.45, 2.75) is 13.0 Å². The molecule has 0 aromatic heterocycles. The molecule has 41 heavy (non-hydrogen) atoms. The molecule has 4 aromatic rings. The maximum atomic E-state index is 13.4. The van der Waals surface area contributed by atoms with Crippen LogP contribution in [0.5, 0.6) is 0 Å². The van der Waals surface area contributed by atoms with Crippen LogP contribution in [0, 0.1) is 17.0 Å². The summed E-state index contributed by atoms with van der Waals surface area (Å²) in [5.74, 6) is -2.74. The van der Waals surface area contributed by atoms with Crippen LogP contribution in [-0.2, 0) is 4.74 Å². The Kier molecular flexibility index (Phi) is 7.40. The quantitative estimate of drug-likeness (QED) is 0.0764. The number of ether oxygens (including phenoxy) is 1. The minimum Gasteiger partial charge on any atom is -0.445 e. The van der Waals surface area contributed by atoms with Crippen molar-refractivity contribution in [2.24, 2.45) is 0 Å². The first-order chi connectivity index (χ1) is 19.6. The van der Waals surface area contributed by atoms with Gasteiger partial charge in [-0.2, -0.15) is 0 Å². The van der Waals surface area contributed by atoms with E-state index in [2.05, 4.69) is 0 Å². The van der Waals surface area contributed by atoms with E-state index in [4.69, 9.17) is 27.9 Å². The van der Waals surface area contributed by atoms with Gasteiger partial charge in [-0.3, -0.25) is 24.5 Å². The van der Waals surface area contributed by atoms with E-state index < -0.39 is 34.6 Å². The van der Waals surface area contributed by atoms with Gasteiger partial charge in [0.15, 0.2) is 6.10 Å². The maximum Gasteiger partial charge on any atom is 0.339 e. The number of rotatable bonds is 7. The van der Waals surface area contributed by atoms with Crippen molar-refractivity contribution in [3.63, 3.8) is 0 Å². The molecule has 0 unspecified atom stereocenters. The number of benzene rings is 4. The highest BCUT2D eigenvalue weighted by Gasteiger charge is 2.38. The molecule has 1 aliphatic heterocycles. The van der Waals surface area contributed by atoms with Crippen LogP contribution in [0.2, 0.25) is 10.0 Å². The van der Waals surface area contributed by atoms with E-state index >= 15 is 0 Å². The molecule has 0 radical (unpaired) electrons. The number of carbonyl (C=O) groups excluding carboxylic acids is 4. The van der Waals surface area contributed by atoms with E-state index in [0.717, 1.165) is 4.90 Å². The van der Waals surface area contributed by atoms with Crippen molar-refractivity contribution in [3.05, 3.63) is 138 Å². The number of hydrogen-bond donors (Lipinski definition) is 0. The highest BCUT2D eigenvalue weighted by Crippen LogP contribution is 2.36. The SMILES string of the molecule is Cc1ccc(C(=O)O[C@@H](C(=O)c2ccccc2)c2ccc([N+](=O)[O-])cc2)cc1N1C(=O)c2cc(Cl)c(Cl)cc2C1=O. The Balaban J connectivity index is 1.49. The summed E-state index contributed by atoms with van der Waals surface area (Å²) in [6.45, 7) is 1.66. The van der Waals surface area contributed by atoms with Crippen molar-refractivity contribution in [3.8, 4) is 0 Å². The van der Waals surface area contributed by atoms with Crippen molar-refractivity contribution >= 4 is 58.1 Å². The first-order valence-electron chi connectivity index (χ1n) is 12.1. The van der Waals surface area contributed by atoms with Crippen LogP contribution < -0.4 is 4.90 Å². The van der Waals surface area contributed by atoms with Gasteiger partial charge in [0, 0.05) is 23.3 Å². The van der Waals surface area contributed by atoms with Crippen molar-refractivity contribution in [1.82, 2.24) is 0 Å². The summed E-state index contributed by atoms with van der Waals surface area (Å²) in [6, 6.07) is 20.2. The summed E-state index contributed by atoms with van der Waals surface area (Å²) in [7, 11) is 0. The van der Waals surface area contributed by atoms with E-state index in [-0.39, 0.29) is 49.2 Å². The molecule has 0 saturated carbocycles. The Labute approximate surface area is 243 Å². The second kappa shape index (κ2) is 11.0. The van der Waals surface area contributed by atoms with Crippen LogP contribution in [0.15, 0.2) is 84.9 Å². The molecular formula is C30H18Cl2N2O7. The third kappa shape index (κ3) is 5.20. The summed E-state index contributed by atoms with van der Waals surface area (Å²) >= 11 is 12.1. The maximum absolute atomic E-state index is 13.4. The first-order valence-corrected chi connectivity index (χ1v) is 12.9. The Morgan fingerprint density at radius 3 is 1.98 bits per heavy atom. The summed E-state index contributed by atoms with van der Waals surface area (Å²) in [6.07, 6.45) is -1.43. The van der Waals surface area contributed by atoms with Gasteiger partial charge in [0.2, 0.25) is 5.78 Å². The lowest BCUT2D eigenvalue weighted by Gasteiger charge is -2.20. The van der Waals surface area contributed by atoms with Gasteiger partial charge in [-0.05, 0) is 48.9 Å². The Bertz CT molecular complexity index is 1710. The highest BCUT2D eigenvalue weighted by molar-refractivity contribution is 6.44. The largest absolute Gasteiger partial charge is 0.445 e. The predicted octanol–water partition coefficient (Wildman–Crippen LogP) is 6.79. The summed E-state index contributed by atoms with van der Waals surface area (Å²) in [4.78, 5) is 64.6. The van der Waals surface area contributed by atoms with Crippen molar-refractivity contribution in [1.29, 1.82) is 0 Å². The van der Waals surface area contributed by atoms with Gasteiger partial charge in [0.25, 0.3) is 17.5 Å². The van der Waals surface area contributed by atoms with Gasteiger partial charge >= 0.3 is 5.97 Å². The number of carbonyl (C=O) groups is 4. The third-order valence-electron chi connectivity index (χ3n) is 6.54. The minimum absolute atomic E-state index is 0.0361. The first kappa shape index (κ1) is 27.7. The van der Waals surface area contributed by atoms with Gasteiger partial charge in [0.05, 0.1) is 37.3 Å². The van der Waals surface area contributed by atoms with E-state index in [0.29, 0.717) is 5.56 Å². The number of hydrogen-bond acceptors (Lipinski definition) is 7. The average Bonchev–Trinajstić information content (AvgIpc) is 3.20. The third-order valence-corrected chi connectivity index (χ3v) is 7.26. The molecule has 9 nitrogen and oxygen atoms in total. The van der Waals surface area contributed by atoms with Crippen LogP contribution in [0.25, 0.3) is 0 Å². The number of halogens is 2. The van der Waals surface area contributed by atoms with Gasteiger partial charge in [-0.25, -0.2) is 9.69 Å². The monoisotopic (exact) mass is 588 g/mol. The average molecular weight is 589 g/mol. The predicted molar refractivity (Wildman–Crippen MR) is 151 cm³/mol. The number of ketones is 1. The molecule has 0 saturated heterocycles. The smallest absolute Gasteiger partial charge is 0.339 e. The zero-order valence-corrected chi connectivity index (χ0v) is 22.7. The number of Topliss-reactive ketones (excluding diaryl/α,β-unsaturated/α-hetero) is 1. The lowest BCUT2D eigenvalue weighted by Crippen LogP contribution is -2.30. The number of aryl methyl sites for hydroxylation is 1. The van der Waals surface area contributed by atoms with Crippen molar-refractivity contribution in [2.75, 3.05) is 4.90 Å². The fraction of sp³-hybridized carbons (Fsp3) is 0.0667. The molecule has 0 aliphatic carbocycles. The molecule has 5 rings (SSSR count). The molecule has 0 N–H and O–H groups in total. The number of nitrogens with zero attached hydrogens (tertiary/aromatic N) is 2. The Morgan fingerprint density at radius 2 is 1.41 bits per heavy atom. The Hall–Kier alpha value is -4.86. The van der Waals surface area contributed by atoms with E-state index in [9.17, 15) is 29.3 Å². The number of nitro benzene ring substituents is 1. The van der Waals surface area contributed by atoms with E-state index in [1.807, 2.05) is 0 Å². The zero-order valence-electron chi connectivity index (χ0n) is 21.2. The normalized spacial score (nSPS) is 13.1. The van der Waals surface area contributed by atoms with Crippen LogP contribution in [0.3, 0.4) is 0 Å². The standard InChI is InChI=1S/C30H18Cl2N2O7/c1-16-7-8-19(13-25(16)33-28(36)21-14-23(31)24(32)15-22(21)29(33)37)30(38)41-27(26(35)17-5-3-2-4-6-17)18-9-11-20(12-10-18)34(39)40/h2-15,27H,1H3/t27-/m1/s1. The molecule has 4 aromatic carbocycles. The lowest BCUT2D eigenvalue weighted by molar-refractivity contribution is -0.384. The summed E-state index contributed by atoms with van der Waals surface area (Å²) in [5, 5.41) is 11.3. The summed E-state index contributed by atoms with van der Waals surface area (Å²) < 4.78 is 5.66. The molecule has 11 heteroatoms. The molecule has 0 bridgehead atoms. The van der Waals surface area contributed by atoms with Gasteiger partial charge in [-0.15, -0.1) is 0 Å². The zero-order chi connectivity index (χ0) is 29.4. The van der Waals surface area contributed by atoms with Gasteiger partial charge in [0.1, 0.15) is 0 Å². The van der Waals surface area contributed by atoms with Crippen LogP contribution in [0.1, 0.15) is 58.7 Å². The topological polar surface area (TPSA) is 124 Å². The van der Waals surface area contributed by atoms with Gasteiger partial charge < -0.3 is 4.74 Å². The van der Waals surface area contributed by atoms with Crippen LogP contribution in [-0.4, -0.2) is 28.5 Å². The summed E-state index contributed by atoms with van der Waals surface area (Å²) in [5.41, 5.74) is 1.05. The molecule has 0 fully saturated rings. The number of imide groups is 1. The molecule has 1 aliphatic rings. The van der Waals surface area contributed by atoms with E-state index in [1.165, 1.54) is 54.6 Å². The Morgan fingerprint density at radius 1 is 0.829 bits per heavy atom. The minimum atomic E-state index is -1.43. The van der Waals surface area contributed by atoms with Gasteiger partial charge in [-0.1, -0.05) is 59.6 Å². The molecule has 1 heterocycles.